The van der Waals surface area contributed by atoms with Gasteiger partial charge >= 0.3 is 5.97 Å². The van der Waals surface area contributed by atoms with E-state index in [-0.39, 0.29) is 6.61 Å². The zero-order valence-electron chi connectivity index (χ0n) is 9.24. The number of nitrogen functional groups attached to an aromatic ring is 1. The summed E-state index contributed by atoms with van der Waals surface area (Å²) in [5.41, 5.74) is 6.81. The number of hydrogen-bond donors (Lipinski definition) is 2. The molecule has 90 valence electrons. The molecule has 0 spiro atoms. The average Bonchev–Trinajstić information content (AvgIpc) is 2.28. The molecule has 17 heavy (non-hydrogen) atoms. The highest BCUT2D eigenvalue weighted by Crippen LogP contribution is 2.16. The van der Waals surface area contributed by atoms with Crippen LogP contribution in [0.1, 0.15) is 12.5 Å². The molecule has 0 aliphatic carbocycles. The van der Waals surface area contributed by atoms with E-state index in [4.69, 9.17) is 27.2 Å². The van der Waals surface area contributed by atoms with Gasteiger partial charge in [0.25, 0.3) is 0 Å². The molecule has 1 aromatic carbocycles. The number of ether oxygens (including phenoxy) is 1. The van der Waals surface area contributed by atoms with Crippen molar-refractivity contribution in [2.75, 3.05) is 12.3 Å². The third-order valence-electron chi connectivity index (χ3n) is 1.99. The molecule has 1 unspecified atom stereocenters. The van der Waals surface area contributed by atoms with Crippen molar-refractivity contribution in [3.05, 3.63) is 28.8 Å². The molecule has 4 nitrogen and oxygen atoms in total. The molecular formula is C12H12ClNO3. The van der Waals surface area contributed by atoms with Gasteiger partial charge in [-0.3, -0.25) is 0 Å². The van der Waals surface area contributed by atoms with Gasteiger partial charge in [0.05, 0.1) is 0 Å². The minimum absolute atomic E-state index is 0.0272. The molecule has 0 aliphatic heterocycles. The Morgan fingerprint density at radius 3 is 3.00 bits per heavy atom. The van der Waals surface area contributed by atoms with Crippen LogP contribution in [0.3, 0.4) is 0 Å². The molecule has 1 aromatic rings. The first-order valence-electron chi connectivity index (χ1n) is 4.89. The van der Waals surface area contributed by atoms with E-state index < -0.39 is 12.1 Å². The molecule has 1 rings (SSSR count). The maximum Gasteiger partial charge on any atom is 0.332 e. The summed E-state index contributed by atoms with van der Waals surface area (Å²) in [7, 11) is 0. The van der Waals surface area contributed by atoms with Crippen LogP contribution in [0.5, 0.6) is 0 Å². The van der Waals surface area contributed by atoms with Crippen LogP contribution in [0.4, 0.5) is 5.69 Å². The molecule has 0 aliphatic rings. The fourth-order valence-corrected chi connectivity index (χ4v) is 1.18. The smallest absolute Gasteiger partial charge is 0.332 e. The number of aliphatic carboxylic acids is 1. The van der Waals surface area contributed by atoms with Gasteiger partial charge in [0.2, 0.25) is 0 Å². The predicted octanol–water partition coefficient (Wildman–Crippen LogP) is 1.76. The zero-order chi connectivity index (χ0) is 12.8. The Hall–Kier alpha value is -1.70. The third kappa shape index (κ3) is 4.35. The van der Waals surface area contributed by atoms with Gasteiger partial charge in [-0.05, 0) is 25.1 Å². The number of carboxylic acid groups (broad SMARTS) is 1. The molecule has 1 atom stereocenters. The summed E-state index contributed by atoms with van der Waals surface area (Å²) in [5.74, 6) is 4.43. The first-order valence-corrected chi connectivity index (χ1v) is 5.27. The molecule has 0 amide bonds. The van der Waals surface area contributed by atoms with E-state index in [9.17, 15) is 4.79 Å². The number of rotatable bonds is 3. The average molecular weight is 254 g/mol. The minimum Gasteiger partial charge on any atom is -0.479 e. The zero-order valence-corrected chi connectivity index (χ0v) is 9.99. The summed E-state index contributed by atoms with van der Waals surface area (Å²) in [6.45, 7) is 1.47. The Balaban J connectivity index is 2.60. The van der Waals surface area contributed by atoms with Crippen LogP contribution in [0.25, 0.3) is 0 Å². The Morgan fingerprint density at radius 2 is 2.35 bits per heavy atom. The Kier molecular flexibility index (Phi) is 4.83. The summed E-state index contributed by atoms with van der Waals surface area (Å²) >= 11 is 5.79. The van der Waals surface area contributed by atoms with Gasteiger partial charge in [-0.2, -0.15) is 0 Å². The highest BCUT2D eigenvalue weighted by Gasteiger charge is 2.08. The molecule has 0 saturated heterocycles. The summed E-state index contributed by atoms with van der Waals surface area (Å²) in [6, 6.07) is 4.97. The van der Waals surface area contributed by atoms with Crippen molar-refractivity contribution in [2.24, 2.45) is 0 Å². The van der Waals surface area contributed by atoms with Crippen LogP contribution in [0.2, 0.25) is 5.02 Å². The molecule has 0 saturated carbocycles. The number of carbonyl (C=O) groups is 1. The predicted molar refractivity (Wildman–Crippen MR) is 65.8 cm³/mol. The van der Waals surface area contributed by atoms with Gasteiger partial charge in [0.15, 0.2) is 6.10 Å². The molecule has 0 aromatic heterocycles. The van der Waals surface area contributed by atoms with Crippen LogP contribution >= 0.6 is 11.6 Å². The van der Waals surface area contributed by atoms with Crippen molar-refractivity contribution in [3.8, 4) is 11.8 Å². The van der Waals surface area contributed by atoms with E-state index in [0.717, 1.165) is 0 Å². The van der Waals surface area contributed by atoms with Crippen molar-refractivity contribution in [2.45, 2.75) is 13.0 Å². The van der Waals surface area contributed by atoms with Crippen LogP contribution in [-0.2, 0) is 9.53 Å². The number of halogens is 1. The lowest BCUT2D eigenvalue weighted by molar-refractivity contribution is -0.148. The molecule has 0 fully saturated rings. The normalized spacial score (nSPS) is 11.4. The molecule has 0 bridgehead atoms. The van der Waals surface area contributed by atoms with Crippen molar-refractivity contribution >= 4 is 23.3 Å². The fourth-order valence-electron chi connectivity index (χ4n) is 1.01. The highest BCUT2D eigenvalue weighted by molar-refractivity contribution is 6.30. The van der Waals surface area contributed by atoms with Crippen LogP contribution in [0, 0.1) is 11.8 Å². The second kappa shape index (κ2) is 6.14. The third-order valence-corrected chi connectivity index (χ3v) is 2.23. The van der Waals surface area contributed by atoms with Crippen molar-refractivity contribution in [1.82, 2.24) is 0 Å². The second-order valence-electron chi connectivity index (χ2n) is 3.32. The summed E-state index contributed by atoms with van der Waals surface area (Å²) in [4.78, 5) is 10.5. The molecule has 5 heteroatoms. The molecule has 0 radical (unpaired) electrons. The number of hydrogen-bond acceptors (Lipinski definition) is 3. The summed E-state index contributed by atoms with van der Waals surface area (Å²) < 4.78 is 4.95. The molecule has 0 heterocycles. The van der Waals surface area contributed by atoms with E-state index in [1.54, 1.807) is 18.2 Å². The largest absolute Gasteiger partial charge is 0.479 e. The number of benzene rings is 1. The lowest BCUT2D eigenvalue weighted by Crippen LogP contribution is -2.19. The maximum atomic E-state index is 10.5. The van der Waals surface area contributed by atoms with Crippen LogP contribution < -0.4 is 5.73 Å². The Labute approximate surface area is 104 Å². The monoisotopic (exact) mass is 253 g/mol. The van der Waals surface area contributed by atoms with Gasteiger partial charge in [-0.1, -0.05) is 23.4 Å². The van der Waals surface area contributed by atoms with Crippen molar-refractivity contribution in [1.29, 1.82) is 0 Å². The van der Waals surface area contributed by atoms with Crippen molar-refractivity contribution < 1.29 is 14.6 Å². The quantitative estimate of drug-likeness (QED) is 0.636. The Bertz CT molecular complexity index is 476. The van der Waals surface area contributed by atoms with Gasteiger partial charge in [0.1, 0.15) is 6.61 Å². The van der Waals surface area contributed by atoms with E-state index in [0.29, 0.717) is 16.3 Å². The van der Waals surface area contributed by atoms with Gasteiger partial charge in [-0.25, -0.2) is 4.79 Å². The fraction of sp³-hybridized carbons (Fsp3) is 0.250. The lowest BCUT2D eigenvalue weighted by Gasteiger charge is -2.03. The van der Waals surface area contributed by atoms with E-state index in [2.05, 4.69) is 11.8 Å². The summed E-state index contributed by atoms with van der Waals surface area (Å²) in [5, 5.41) is 9.11. The minimum atomic E-state index is -1.02. The van der Waals surface area contributed by atoms with E-state index >= 15 is 0 Å². The summed E-state index contributed by atoms with van der Waals surface area (Å²) in [6.07, 6.45) is -0.874. The topological polar surface area (TPSA) is 72.5 Å². The number of anilines is 1. The van der Waals surface area contributed by atoms with Crippen LogP contribution in [-0.4, -0.2) is 23.8 Å². The molecule has 3 N–H and O–H groups in total. The molecular weight excluding hydrogens is 242 g/mol. The van der Waals surface area contributed by atoms with Gasteiger partial charge in [-0.15, -0.1) is 0 Å². The van der Waals surface area contributed by atoms with E-state index in [1.807, 2.05) is 0 Å². The van der Waals surface area contributed by atoms with Crippen LogP contribution in [0.15, 0.2) is 18.2 Å². The second-order valence-corrected chi connectivity index (χ2v) is 3.76. The number of nitrogens with two attached hydrogens (primary N) is 1. The van der Waals surface area contributed by atoms with Gasteiger partial charge < -0.3 is 15.6 Å². The van der Waals surface area contributed by atoms with Gasteiger partial charge in [0, 0.05) is 16.3 Å². The van der Waals surface area contributed by atoms with Crippen molar-refractivity contribution in [3.63, 3.8) is 0 Å². The SMILES string of the molecule is CC(OCC#Cc1cc(Cl)ccc1N)C(=O)O. The standard InChI is InChI=1S/C12H12ClNO3/c1-8(12(15)16)17-6-2-3-9-7-10(13)4-5-11(9)14/h4-5,7-8H,6,14H2,1H3,(H,15,16). The Morgan fingerprint density at radius 1 is 1.65 bits per heavy atom. The number of carboxylic acids is 1. The maximum absolute atomic E-state index is 10.5. The highest BCUT2D eigenvalue weighted by atomic mass is 35.5. The van der Waals surface area contributed by atoms with E-state index in [1.165, 1.54) is 6.92 Å². The first-order chi connectivity index (χ1) is 8.00. The lowest BCUT2D eigenvalue weighted by atomic mass is 10.2. The first kappa shape index (κ1) is 13.4.